The smallest absolute Gasteiger partial charge is 0.476 e. The molecule has 3 aromatic heterocycles. The van der Waals surface area contributed by atoms with Gasteiger partial charge in [-0.15, -0.1) is 0 Å². The number of ether oxygens (including phenoxy) is 2. The number of para-hydroxylation sites is 1. The lowest BCUT2D eigenvalue weighted by molar-refractivity contribution is -0.870. The fourth-order valence-electron chi connectivity index (χ4n) is 17.8. The van der Waals surface area contributed by atoms with Gasteiger partial charge in [0.25, 0.3) is 17.7 Å². The number of primary amides is 1. The second kappa shape index (κ2) is 37.6. The Morgan fingerprint density at radius 3 is 2.11 bits per heavy atom. The van der Waals surface area contributed by atoms with Crippen molar-refractivity contribution in [3.8, 4) is 11.1 Å². The number of hydrogen-bond donors (Lipinski definition) is 9. The quantitative estimate of drug-likeness (QED) is 0.0100. The molecule has 2 aliphatic heterocycles. The van der Waals surface area contributed by atoms with E-state index in [1.165, 1.54) is 23.5 Å². The topological polar surface area (TPSA) is 398 Å². The minimum atomic E-state index is -5.08. The highest BCUT2D eigenvalue weighted by atomic mass is 32.1. The first kappa shape index (κ1) is 88.5. The van der Waals surface area contributed by atoms with Crippen molar-refractivity contribution in [2.75, 3.05) is 83.1 Å². The van der Waals surface area contributed by atoms with Crippen LogP contribution in [0.3, 0.4) is 0 Å². The van der Waals surface area contributed by atoms with Crippen LogP contribution in [0, 0.1) is 29.1 Å². The number of aromatic carboxylic acids is 1. The molecule has 6 aliphatic rings. The molecule has 5 heterocycles. The third kappa shape index (κ3) is 23.5. The van der Waals surface area contributed by atoms with Gasteiger partial charge >= 0.3 is 30.2 Å². The second-order valence-corrected chi connectivity index (χ2v) is 34.8. The number of likely N-dealkylation sites (N-methyl/N-ethyl adjacent to an activating group) is 1. The van der Waals surface area contributed by atoms with Gasteiger partial charge in [0.2, 0.25) is 23.6 Å². The first-order chi connectivity index (χ1) is 55.2. The first-order valence-electron chi connectivity index (χ1n) is 39.5. The van der Waals surface area contributed by atoms with Crippen molar-refractivity contribution in [3.05, 3.63) is 131 Å². The number of amides is 10. The van der Waals surface area contributed by atoms with E-state index >= 15 is 0 Å². The molecule has 4 fully saturated rings. The van der Waals surface area contributed by atoms with Gasteiger partial charge in [-0.2, -0.15) is 18.3 Å². The summed E-state index contributed by atoms with van der Waals surface area (Å²) in [6, 6.07) is 20.0. The van der Waals surface area contributed by atoms with Crippen molar-refractivity contribution >= 4 is 104 Å². The van der Waals surface area contributed by atoms with E-state index in [9.17, 15) is 66.2 Å². The van der Waals surface area contributed by atoms with Gasteiger partial charge in [0.15, 0.2) is 10.8 Å². The van der Waals surface area contributed by atoms with Crippen LogP contribution in [-0.2, 0) is 69.2 Å². The number of fused-ring (bicyclic) bond motifs is 2. The number of alkyl halides is 3. The predicted octanol–water partition coefficient (Wildman–Crippen LogP) is 10.3. The van der Waals surface area contributed by atoms with E-state index in [0.29, 0.717) is 97.0 Å². The van der Waals surface area contributed by atoms with Crippen LogP contribution in [0.1, 0.15) is 167 Å². The van der Waals surface area contributed by atoms with E-state index in [4.69, 9.17) is 35.2 Å². The van der Waals surface area contributed by atoms with Crippen LogP contribution < -0.4 is 42.5 Å². The van der Waals surface area contributed by atoms with Crippen molar-refractivity contribution in [1.82, 2.24) is 50.8 Å². The second-order valence-electron chi connectivity index (χ2n) is 33.7. The number of alkyl carbamates (subject to hydrolysis) is 1. The van der Waals surface area contributed by atoms with Gasteiger partial charge in [-0.1, -0.05) is 81.9 Å². The molecule has 5 atom stereocenters. The number of rotatable bonds is 36. The summed E-state index contributed by atoms with van der Waals surface area (Å²) in [6.45, 7) is 13.4. The van der Waals surface area contributed by atoms with E-state index in [-0.39, 0.29) is 110 Å². The molecule has 0 saturated heterocycles. The summed E-state index contributed by atoms with van der Waals surface area (Å²) in [6.07, 6.45) is 8.41. The Bertz CT molecular complexity index is 4640. The molecule has 630 valence electrons. The molecule has 12 rings (SSSR count). The number of imide groups is 1. The minimum Gasteiger partial charge on any atom is -0.476 e. The summed E-state index contributed by atoms with van der Waals surface area (Å²) in [5, 5.41) is 40.2. The van der Waals surface area contributed by atoms with Crippen LogP contribution in [0.25, 0.3) is 21.3 Å². The van der Waals surface area contributed by atoms with Crippen molar-refractivity contribution < 1.29 is 90.1 Å². The molecule has 4 saturated carbocycles. The molecule has 4 bridgehead atoms. The summed E-state index contributed by atoms with van der Waals surface area (Å²) in [5.74, 6) is -6.57. The summed E-state index contributed by atoms with van der Waals surface area (Å²) in [5.41, 5.74) is 10.7. The Morgan fingerprint density at radius 2 is 1.45 bits per heavy atom. The molecule has 10 N–H and O–H groups in total. The van der Waals surface area contributed by atoms with Crippen LogP contribution >= 0.6 is 11.3 Å². The van der Waals surface area contributed by atoms with Crippen LogP contribution in [0.2, 0.25) is 0 Å². The number of pyridine rings is 1. The number of aliphatic carboxylic acids is 1. The van der Waals surface area contributed by atoms with Gasteiger partial charge in [-0.25, -0.2) is 29.1 Å². The number of carbonyl (C=O) groups excluding carboxylic acids is 9. The van der Waals surface area contributed by atoms with Crippen LogP contribution in [-0.4, -0.2) is 207 Å². The van der Waals surface area contributed by atoms with E-state index < -0.39 is 65.8 Å². The highest BCUT2D eigenvalue weighted by molar-refractivity contribution is 7.22. The van der Waals surface area contributed by atoms with Crippen molar-refractivity contribution in [1.29, 1.82) is 0 Å². The van der Waals surface area contributed by atoms with E-state index in [1.807, 2.05) is 71.1 Å². The lowest BCUT2D eigenvalue weighted by Crippen LogP contribution is -2.64. The highest BCUT2D eigenvalue weighted by Gasteiger charge is 2.66. The highest BCUT2D eigenvalue weighted by Crippen LogP contribution is 2.72. The Morgan fingerprint density at radius 1 is 0.761 bits per heavy atom. The fraction of sp³-hybridized carbons (Fsp3) is 0.518. The number of unbranched alkanes of at least 4 members (excludes halogenated alkanes) is 3. The molecule has 34 heteroatoms. The number of carboxylic acids is 2. The average Bonchev–Trinajstić information content (AvgIpc) is 1.17. The number of aromatic nitrogens is 4. The average molecular weight is 1640 g/mol. The number of anilines is 3. The number of urea groups is 1. The SMILES string of the molecule is Cc1c(-c2ccc(N3CCc4cccc(C(=O)Nc5nc6ccccc6s5)c4C3)nc2C(=O)O)cnn1CC12CC3(C)CC(C)(C1)CC(OCCN(C)C(=O)[C@H](CCCC[N+](C)(C)C)NC(=O)OCc1ccc(NC(=O)[C@H](CCCNC(N)=O)NC(=O)[C@@H](NC(=O)CCCCCN4C(=O)C=CC4=O)C(C)C)cc1)(C3)C2.O=C(O)C(F)(F)F. The largest absolute Gasteiger partial charge is 0.490 e. The van der Waals surface area contributed by atoms with Crippen LogP contribution in [0.5, 0.6) is 0 Å². The zero-order valence-electron chi connectivity index (χ0n) is 67.6. The number of quaternary nitrogens is 1. The molecule has 6 aromatic rings. The lowest BCUT2D eigenvalue weighted by atomic mass is 9.39. The lowest BCUT2D eigenvalue weighted by Gasteiger charge is -2.69. The maximum atomic E-state index is 14.5. The van der Waals surface area contributed by atoms with Crippen molar-refractivity contribution in [2.45, 2.75) is 187 Å². The number of nitrogens with zero attached hydrogens (tertiary/aromatic N) is 8. The Kier molecular flexibility index (Phi) is 28.4. The summed E-state index contributed by atoms with van der Waals surface area (Å²) >= 11 is 1.41. The van der Waals surface area contributed by atoms with Gasteiger partial charge in [0.1, 0.15) is 30.6 Å². The molecule has 3 aromatic carbocycles. The first-order valence-corrected chi connectivity index (χ1v) is 40.3. The third-order valence-corrected chi connectivity index (χ3v) is 23.2. The number of halogens is 3. The van der Waals surface area contributed by atoms with E-state index in [2.05, 4.69) is 71.9 Å². The van der Waals surface area contributed by atoms with Crippen LogP contribution in [0.4, 0.5) is 39.4 Å². The zero-order valence-corrected chi connectivity index (χ0v) is 68.4. The molecule has 0 spiro atoms. The van der Waals surface area contributed by atoms with E-state index in [1.54, 1.807) is 56.3 Å². The molecule has 30 nitrogen and oxygen atoms in total. The fourth-order valence-corrected chi connectivity index (χ4v) is 18.7. The number of benzene rings is 3. The Hall–Kier alpha value is -10.9. The molecular formula is C83H107F3N15O15S+. The number of nitrogens with two attached hydrogens (primary N) is 1. The maximum absolute atomic E-state index is 14.5. The van der Waals surface area contributed by atoms with Gasteiger partial charge in [0, 0.05) is 93.0 Å². The molecular weight excluding hydrogens is 1540 g/mol. The zero-order chi connectivity index (χ0) is 85.0. The predicted molar refractivity (Wildman–Crippen MR) is 431 cm³/mol. The summed E-state index contributed by atoms with van der Waals surface area (Å²) in [4.78, 5) is 154. The van der Waals surface area contributed by atoms with Gasteiger partial charge in [-0.05, 0) is 178 Å². The van der Waals surface area contributed by atoms with Gasteiger partial charge in [0.05, 0.1) is 56.3 Å². The van der Waals surface area contributed by atoms with Crippen molar-refractivity contribution in [3.63, 3.8) is 0 Å². The van der Waals surface area contributed by atoms with E-state index in [0.717, 1.165) is 87.9 Å². The number of thiazole rings is 1. The number of carboxylic acid groups (broad SMARTS) is 2. The Labute approximate surface area is 681 Å². The maximum Gasteiger partial charge on any atom is 0.490 e. The number of hydrogen-bond acceptors (Lipinski definition) is 18. The Balaban J connectivity index is 0.00000197. The standard InChI is InChI=1S/C81H105N15O13S.C2HF3O2/c1-51(2)68(90-65(97)25-11-10-15-36-94-66(98)32-33-67(94)99)72(102)86-61(23-18-35-83-75(82)106)71(101)85-55-28-26-53(27-29-55)43-108-77(107)88-62(22-14-16-39-96(7,8)9)73(103)92(6)38-40-109-81-47-78(4)44-79(5,48-81)46-80(45-78,49-81)50-95-52(3)58(41-84-95)56-30-31-64(89-69(56)74(104)105)93-37-34-54-19-17-20-57(59(54)42-93)70(100)91-76-87-60-21-12-13-24-63(60)110-76;3-2(4,5)1(6)7/h12-13,17,19-21,24,26-33,41,51,61-62,68H,10-11,14-16,18,22-23,25,34-40,42-50H2,1-9H3,(H8-,82,83,85,86,87,88,90,91,97,100,101,102,104,105,106,107);(H,6,7)/p+1/t61-,62-,68-,78?,79?,80?,81?;/m0./s1. The summed E-state index contributed by atoms with van der Waals surface area (Å²) < 4.78 is 48.3. The molecule has 4 aliphatic carbocycles. The molecule has 10 amide bonds. The van der Waals surface area contributed by atoms with Crippen LogP contribution in [0.15, 0.2) is 97.2 Å². The van der Waals surface area contributed by atoms with Crippen molar-refractivity contribution in [2.24, 2.45) is 27.9 Å². The van der Waals surface area contributed by atoms with Gasteiger partial charge in [-0.3, -0.25) is 48.5 Å². The third-order valence-electron chi connectivity index (χ3n) is 22.2. The molecule has 117 heavy (non-hydrogen) atoms. The van der Waals surface area contributed by atoms with Gasteiger partial charge < -0.3 is 66.3 Å². The minimum absolute atomic E-state index is 0.0214. The molecule has 2 unspecified atom stereocenters. The normalized spacial score (nSPS) is 20.0. The monoisotopic (exact) mass is 1640 g/mol. The number of nitrogens with one attached hydrogen (secondary N) is 6. The number of carbonyl (C=O) groups is 11. The summed E-state index contributed by atoms with van der Waals surface area (Å²) in [7, 11) is 8.04. The molecule has 0 radical (unpaired) electrons.